The first kappa shape index (κ1) is 17.2. The molecule has 20 heavy (non-hydrogen) atoms. The lowest BCUT2D eigenvalue weighted by Crippen LogP contribution is -2.28. The summed E-state index contributed by atoms with van der Waals surface area (Å²) >= 11 is 0. The fourth-order valence-electron chi connectivity index (χ4n) is 0.678. The molecular weight excluding hydrogens is 274 g/mol. The molecule has 0 rings (SSSR count). The first-order valence-corrected chi connectivity index (χ1v) is 5.12. The third-order valence-corrected chi connectivity index (χ3v) is 1.71. The van der Waals surface area contributed by atoms with Crippen molar-refractivity contribution in [2.45, 2.75) is 6.92 Å². The Hall–Kier alpha value is -2.84. The number of hydrogen-bond acceptors (Lipinski definition) is 8. The fourth-order valence-corrected chi connectivity index (χ4v) is 0.678. The van der Waals surface area contributed by atoms with E-state index in [2.05, 4.69) is 15.2 Å². The van der Waals surface area contributed by atoms with E-state index in [0.717, 1.165) is 6.92 Å². The van der Waals surface area contributed by atoms with E-state index >= 15 is 0 Å². The number of nitrogens with two attached hydrogens (primary N) is 1. The van der Waals surface area contributed by atoms with Crippen LogP contribution in [0, 0.1) is 0 Å². The molecule has 0 saturated carbocycles. The number of carbonyl (C=O) groups is 6. The summed E-state index contributed by atoms with van der Waals surface area (Å²) in [7, 11) is 0. The molecule has 0 bridgehead atoms. The SMILES string of the molecule is CC(=O)C(=O)COC(=O)/C=C/C(=O)OCC(=O)C(N)=O. The number of carbonyl (C=O) groups excluding carboxylic acids is 6. The Kier molecular flexibility index (Phi) is 7.12. The molecule has 0 radical (unpaired) electrons. The van der Waals surface area contributed by atoms with E-state index in [1.54, 1.807) is 0 Å². The van der Waals surface area contributed by atoms with Gasteiger partial charge in [-0.2, -0.15) is 0 Å². The van der Waals surface area contributed by atoms with Crippen LogP contribution >= 0.6 is 0 Å². The summed E-state index contributed by atoms with van der Waals surface area (Å²) in [4.78, 5) is 64.3. The minimum Gasteiger partial charge on any atom is -0.454 e. The van der Waals surface area contributed by atoms with E-state index in [1.807, 2.05) is 0 Å². The van der Waals surface area contributed by atoms with Gasteiger partial charge in [-0.3, -0.25) is 19.2 Å². The van der Waals surface area contributed by atoms with Crippen molar-refractivity contribution >= 4 is 35.2 Å². The van der Waals surface area contributed by atoms with E-state index in [0.29, 0.717) is 12.2 Å². The molecular formula is C11H11NO8. The number of amides is 1. The molecule has 0 heterocycles. The van der Waals surface area contributed by atoms with Crippen molar-refractivity contribution in [2.24, 2.45) is 5.73 Å². The molecule has 0 aliphatic heterocycles. The van der Waals surface area contributed by atoms with Crippen molar-refractivity contribution < 1.29 is 38.2 Å². The van der Waals surface area contributed by atoms with E-state index in [1.165, 1.54) is 0 Å². The number of Topliss-reactive ketones (excluding diaryl/α,β-unsaturated/α-hetero) is 3. The third kappa shape index (κ3) is 7.48. The van der Waals surface area contributed by atoms with Crippen LogP contribution in [0.25, 0.3) is 0 Å². The van der Waals surface area contributed by atoms with Crippen LogP contribution < -0.4 is 5.73 Å². The van der Waals surface area contributed by atoms with Gasteiger partial charge in [-0.05, 0) is 0 Å². The first-order chi connectivity index (χ1) is 9.23. The molecule has 0 spiro atoms. The Balaban J connectivity index is 4.09. The van der Waals surface area contributed by atoms with Gasteiger partial charge < -0.3 is 15.2 Å². The van der Waals surface area contributed by atoms with Crippen molar-refractivity contribution in [1.82, 2.24) is 0 Å². The van der Waals surface area contributed by atoms with E-state index in [9.17, 15) is 28.8 Å². The summed E-state index contributed by atoms with van der Waals surface area (Å²) in [6, 6.07) is 0. The van der Waals surface area contributed by atoms with Gasteiger partial charge >= 0.3 is 11.9 Å². The lowest BCUT2D eigenvalue weighted by atomic mass is 10.3. The van der Waals surface area contributed by atoms with Crippen LogP contribution in [0.3, 0.4) is 0 Å². The van der Waals surface area contributed by atoms with Crippen molar-refractivity contribution in [3.8, 4) is 0 Å². The van der Waals surface area contributed by atoms with Crippen LogP contribution in [-0.4, -0.2) is 48.4 Å². The van der Waals surface area contributed by atoms with Crippen LogP contribution in [0.15, 0.2) is 12.2 Å². The largest absolute Gasteiger partial charge is 0.454 e. The highest BCUT2D eigenvalue weighted by Crippen LogP contribution is 1.88. The molecule has 0 unspecified atom stereocenters. The molecule has 0 aromatic heterocycles. The van der Waals surface area contributed by atoms with Gasteiger partial charge in [0.15, 0.2) is 19.0 Å². The van der Waals surface area contributed by atoms with Crippen LogP contribution in [0.1, 0.15) is 6.92 Å². The van der Waals surface area contributed by atoms with Gasteiger partial charge in [-0.25, -0.2) is 9.59 Å². The monoisotopic (exact) mass is 285 g/mol. The number of hydrogen-bond donors (Lipinski definition) is 1. The zero-order valence-corrected chi connectivity index (χ0v) is 10.4. The van der Waals surface area contributed by atoms with Gasteiger partial charge in [0.1, 0.15) is 0 Å². The maximum absolute atomic E-state index is 11.0. The van der Waals surface area contributed by atoms with Gasteiger partial charge in [0.2, 0.25) is 5.78 Å². The Labute approximate surface area is 112 Å². The number of ketones is 3. The highest BCUT2D eigenvalue weighted by Gasteiger charge is 2.12. The summed E-state index contributed by atoms with van der Waals surface area (Å²) in [5, 5.41) is 0. The molecule has 0 aliphatic rings. The first-order valence-electron chi connectivity index (χ1n) is 5.12. The number of ether oxygens (including phenoxy) is 2. The van der Waals surface area contributed by atoms with Crippen LogP contribution in [-0.2, 0) is 38.2 Å². The summed E-state index contributed by atoms with van der Waals surface area (Å²) in [6.07, 6.45) is 1.25. The van der Waals surface area contributed by atoms with Crippen molar-refractivity contribution in [2.75, 3.05) is 13.2 Å². The molecule has 0 atom stereocenters. The Morgan fingerprint density at radius 2 is 1.25 bits per heavy atom. The van der Waals surface area contributed by atoms with Crippen molar-refractivity contribution in [3.63, 3.8) is 0 Å². The second-order valence-corrected chi connectivity index (χ2v) is 3.32. The lowest BCUT2D eigenvalue weighted by molar-refractivity contribution is -0.147. The highest BCUT2D eigenvalue weighted by atomic mass is 16.5. The lowest BCUT2D eigenvalue weighted by Gasteiger charge is -1.99. The maximum atomic E-state index is 11.0. The minimum atomic E-state index is -1.26. The maximum Gasteiger partial charge on any atom is 0.331 e. The molecule has 0 fully saturated rings. The minimum absolute atomic E-state index is 0.620. The van der Waals surface area contributed by atoms with Crippen molar-refractivity contribution in [1.29, 1.82) is 0 Å². The predicted molar refractivity (Wildman–Crippen MR) is 60.9 cm³/mol. The normalized spacial score (nSPS) is 9.85. The van der Waals surface area contributed by atoms with Gasteiger partial charge in [0.05, 0.1) is 0 Å². The standard InChI is InChI=1S/C11H11NO8/c1-6(13)7(14)4-19-9(16)2-3-10(17)20-5-8(15)11(12)18/h2-3H,4-5H2,1H3,(H2,12,18)/b3-2+. The predicted octanol–water partition coefficient (Wildman–Crippen LogP) is -2.16. The summed E-state index contributed by atoms with van der Waals surface area (Å²) in [6.45, 7) is -0.580. The van der Waals surface area contributed by atoms with Crippen LogP contribution in [0.5, 0.6) is 0 Å². The van der Waals surface area contributed by atoms with E-state index in [-0.39, 0.29) is 0 Å². The van der Waals surface area contributed by atoms with Crippen LogP contribution in [0.4, 0.5) is 0 Å². The third-order valence-electron chi connectivity index (χ3n) is 1.71. The molecule has 0 aromatic carbocycles. The highest BCUT2D eigenvalue weighted by molar-refractivity contribution is 6.37. The molecule has 9 heteroatoms. The second kappa shape index (κ2) is 8.29. The van der Waals surface area contributed by atoms with E-state index in [4.69, 9.17) is 0 Å². The average molecular weight is 285 g/mol. The molecule has 1 amide bonds. The fraction of sp³-hybridized carbons (Fsp3) is 0.273. The topological polar surface area (TPSA) is 147 Å². The van der Waals surface area contributed by atoms with Gasteiger partial charge in [-0.15, -0.1) is 0 Å². The Morgan fingerprint density at radius 1 is 0.850 bits per heavy atom. The zero-order valence-electron chi connectivity index (χ0n) is 10.4. The molecule has 108 valence electrons. The number of esters is 2. The second-order valence-electron chi connectivity index (χ2n) is 3.32. The molecule has 9 nitrogen and oxygen atoms in total. The molecule has 0 saturated heterocycles. The Morgan fingerprint density at radius 3 is 1.60 bits per heavy atom. The van der Waals surface area contributed by atoms with Gasteiger partial charge in [0.25, 0.3) is 11.7 Å². The summed E-state index contributed by atoms with van der Waals surface area (Å²) < 4.78 is 8.61. The summed E-state index contributed by atoms with van der Waals surface area (Å²) in [5.41, 5.74) is 4.61. The molecule has 0 aliphatic carbocycles. The number of rotatable bonds is 8. The summed E-state index contributed by atoms with van der Waals surface area (Å²) in [5.74, 6) is -6.19. The number of primary amides is 1. The molecule has 2 N–H and O–H groups in total. The molecule has 0 aromatic rings. The van der Waals surface area contributed by atoms with Crippen molar-refractivity contribution in [3.05, 3.63) is 12.2 Å². The van der Waals surface area contributed by atoms with E-state index < -0.39 is 48.4 Å². The van der Waals surface area contributed by atoms with Gasteiger partial charge in [0, 0.05) is 19.1 Å². The van der Waals surface area contributed by atoms with Crippen LogP contribution in [0.2, 0.25) is 0 Å². The zero-order chi connectivity index (χ0) is 15.7. The smallest absolute Gasteiger partial charge is 0.331 e. The Bertz CT molecular complexity index is 447. The average Bonchev–Trinajstić information content (AvgIpc) is 2.39. The van der Waals surface area contributed by atoms with Gasteiger partial charge in [-0.1, -0.05) is 0 Å². The quantitative estimate of drug-likeness (QED) is 0.301.